The molecule has 1 aliphatic heterocycles. The molecule has 3 aromatic rings. The minimum atomic E-state index is -0.564. The molecule has 3 heterocycles. The van der Waals surface area contributed by atoms with E-state index in [0.717, 1.165) is 11.5 Å². The van der Waals surface area contributed by atoms with Crippen LogP contribution >= 0.6 is 35.0 Å². The van der Waals surface area contributed by atoms with E-state index in [-0.39, 0.29) is 34.7 Å². The van der Waals surface area contributed by atoms with Crippen molar-refractivity contribution in [1.29, 1.82) is 0 Å². The number of rotatable bonds is 7. The Balaban J connectivity index is 1.73. The molecule has 4 rings (SSSR count). The van der Waals surface area contributed by atoms with Gasteiger partial charge >= 0.3 is 0 Å². The smallest absolute Gasteiger partial charge is 0.277 e. The van der Waals surface area contributed by atoms with Gasteiger partial charge in [-0.3, -0.25) is 14.4 Å². The molecular weight excluding hydrogens is 489 g/mol. The number of hydroxylamine groups is 1. The minimum Gasteiger partial charge on any atom is -0.472 e. The number of ether oxygens (including phenoxy) is 1. The second-order valence-electron chi connectivity index (χ2n) is 7.10. The molecule has 1 aliphatic rings. The predicted octanol–water partition coefficient (Wildman–Crippen LogP) is 3.92. The minimum absolute atomic E-state index is 0.0244. The van der Waals surface area contributed by atoms with Gasteiger partial charge in [-0.15, -0.1) is 5.10 Å². The average molecular weight is 508 g/mol. The standard InChI is InChI=1S/C21H19Cl2N5O4S/c1-11-6-12(22)7-14(20(29)27-31-2)18(11)25-21(30)16-8-17(32-13-9-33-10-13)26-28(16)19-15(23)4-3-5-24-19/h3-8,13H,9-10H2,1-2H3,(H,25,30)(H,27,29). The highest BCUT2D eigenvalue weighted by Crippen LogP contribution is 2.29. The number of carbonyl (C=O) groups excluding carboxylic acids is 2. The zero-order valence-corrected chi connectivity index (χ0v) is 19.9. The number of hydrogen-bond acceptors (Lipinski definition) is 7. The van der Waals surface area contributed by atoms with Crippen LogP contribution in [-0.4, -0.2) is 51.3 Å². The number of halogens is 2. The van der Waals surface area contributed by atoms with Crippen LogP contribution in [0.25, 0.3) is 5.82 Å². The molecule has 2 amide bonds. The second kappa shape index (κ2) is 10.0. The third kappa shape index (κ3) is 5.09. The SMILES string of the molecule is CONC(=O)c1cc(Cl)cc(C)c1NC(=O)c1cc(OC2CSC2)nn1-c1ncccc1Cl. The number of anilines is 1. The first kappa shape index (κ1) is 23.4. The molecule has 0 saturated carbocycles. The molecule has 0 radical (unpaired) electrons. The summed E-state index contributed by atoms with van der Waals surface area (Å²) in [4.78, 5) is 34.8. The van der Waals surface area contributed by atoms with Gasteiger partial charge in [0, 0.05) is 28.8 Å². The molecule has 9 nitrogen and oxygen atoms in total. The van der Waals surface area contributed by atoms with Crippen LogP contribution in [0.4, 0.5) is 5.69 Å². The van der Waals surface area contributed by atoms with Crippen LogP contribution in [0.2, 0.25) is 10.0 Å². The lowest BCUT2D eigenvalue weighted by molar-refractivity contribution is 0.0538. The lowest BCUT2D eigenvalue weighted by Crippen LogP contribution is -2.31. The van der Waals surface area contributed by atoms with Crippen LogP contribution in [0.15, 0.2) is 36.5 Å². The number of nitrogens with one attached hydrogen (secondary N) is 2. The number of hydrogen-bond donors (Lipinski definition) is 2. The highest BCUT2D eigenvalue weighted by molar-refractivity contribution is 8.00. The van der Waals surface area contributed by atoms with Crippen molar-refractivity contribution in [2.45, 2.75) is 13.0 Å². The van der Waals surface area contributed by atoms with E-state index in [1.165, 1.54) is 23.9 Å². The summed E-state index contributed by atoms with van der Waals surface area (Å²) in [7, 11) is 1.31. The van der Waals surface area contributed by atoms with E-state index in [4.69, 9.17) is 32.8 Å². The van der Waals surface area contributed by atoms with Gasteiger partial charge in [-0.25, -0.2) is 15.1 Å². The third-order valence-corrected chi connectivity index (χ3v) is 6.46. The monoisotopic (exact) mass is 507 g/mol. The van der Waals surface area contributed by atoms with Crippen LogP contribution in [-0.2, 0) is 4.84 Å². The van der Waals surface area contributed by atoms with E-state index in [2.05, 4.69) is 20.9 Å². The first-order chi connectivity index (χ1) is 15.9. The van der Waals surface area contributed by atoms with Crippen LogP contribution in [0, 0.1) is 6.92 Å². The molecule has 0 spiro atoms. The molecule has 0 aliphatic carbocycles. The maximum Gasteiger partial charge on any atom is 0.277 e. The number of nitrogens with zero attached hydrogens (tertiary/aromatic N) is 3. The van der Waals surface area contributed by atoms with Crippen molar-refractivity contribution in [3.63, 3.8) is 0 Å². The van der Waals surface area contributed by atoms with Gasteiger partial charge in [-0.1, -0.05) is 23.2 Å². The van der Waals surface area contributed by atoms with E-state index in [1.54, 1.807) is 43.1 Å². The summed E-state index contributed by atoms with van der Waals surface area (Å²) in [5.41, 5.74) is 3.37. The summed E-state index contributed by atoms with van der Waals surface area (Å²) in [5.74, 6) is 1.14. The Hall–Kier alpha value is -2.79. The zero-order valence-electron chi connectivity index (χ0n) is 17.6. The Labute approximate surface area is 203 Å². The normalized spacial score (nSPS) is 13.3. The first-order valence-corrected chi connectivity index (χ1v) is 11.7. The predicted molar refractivity (Wildman–Crippen MR) is 127 cm³/mol. The number of benzene rings is 1. The number of pyridine rings is 1. The third-order valence-electron chi connectivity index (χ3n) is 4.73. The van der Waals surface area contributed by atoms with E-state index in [1.807, 2.05) is 0 Å². The maximum atomic E-state index is 13.4. The average Bonchev–Trinajstić information content (AvgIpc) is 3.17. The lowest BCUT2D eigenvalue weighted by Gasteiger charge is -2.24. The molecule has 1 fully saturated rings. The van der Waals surface area contributed by atoms with Crippen molar-refractivity contribution in [1.82, 2.24) is 20.2 Å². The van der Waals surface area contributed by atoms with E-state index in [0.29, 0.717) is 15.6 Å². The first-order valence-electron chi connectivity index (χ1n) is 9.77. The number of aryl methyl sites for hydroxylation is 1. The lowest BCUT2D eigenvalue weighted by atomic mass is 10.1. The molecule has 0 bridgehead atoms. The Kier molecular flexibility index (Phi) is 7.08. The number of amides is 2. The largest absolute Gasteiger partial charge is 0.472 e. The van der Waals surface area contributed by atoms with Crippen LogP contribution in [0.5, 0.6) is 5.88 Å². The van der Waals surface area contributed by atoms with Crippen molar-refractivity contribution in [2.24, 2.45) is 0 Å². The fourth-order valence-electron chi connectivity index (χ4n) is 3.14. The molecule has 1 aromatic carbocycles. The second-order valence-corrected chi connectivity index (χ2v) is 9.02. The van der Waals surface area contributed by atoms with Gasteiger partial charge in [0.2, 0.25) is 5.88 Å². The molecule has 33 heavy (non-hydrogen) atoms. The van der Waals surface area contributed by atoms with Crippen molar-refractivity contribution >= 4 is 52.5 Å². The van der Waals surface area contributed by atoms with Gasteiger partial charge in [0.25, 0.3) is 11.8 Å². The Morgan fingerprint density at radius 1 is 1.21 bits per heavy atom. The van der Waals surface area contributed by atoms with Crippen molar-refractivity contribution in [2.75, 3.05) is 23.9 Å². The molecule has 0 atom stereocenters. The fraction of sp³-hybridized carbons (Fsp3) is 0.238. The Morgan fingerprint density at radius 3 is 2.67 bits per heavy atom. The van der Waals surface area contributed by atoms with Crippen molar-refractivity contribution in [3.8, 4) is 11.7 Å². The molecule has 0 unspecified atom stereocenters. The number of aromatic nitrogens is 3. The highest BCUT2D eigenvalue weighted by atomic mass is 35.5. The van der Waals surface area contributed by atoms with E-state index < -0.39 is 11.8 Å². The summed E-state index contributed by atoms with van der Waals surface area (Å²) >= 11 is 14.2. The van der Waals surface area contributed by atoms with Gasteiger partial charge in [-0.05, 0) is 36.8 Å². The summed E-state index contributed by atoms with van der Waals surface area (Å²) in [6.07, 6.45) is 1.57. The molecule has 2 N–H and O–H groups in total. The summed E-state index contributed by atoms with van der Waals surface area (Å²) in [6, 6.07) is 7.91. The summed E-state index contributed by atoms with van der Waals surface area (Å²) < 4.78 is 7.18. The van der Waals surface area contributed by atoms with Gasteiger partial charge in [0.15, 0.2) is 5.82 Å². The topological polar surface area (TPSA) is 107 Å². The quantitative estimate of drug-likeness (QED) is 0.466. The Bertz CT molecular complexity index is 1220. The van der Waals surface area contributed by atoms with Crippen molar-refractivity contribution in [3.05, 3.63) is 63.4 Å². The van der Waals surface area contributed by atoms with Crippen molar-refractivity contribution < 1.29 is 19.2 Å². The fourth-order valence-corrected chi connectivity index (χ4v) is 4.18. The van der Waals surface area contributed by atoms with Gasteiger partial charge < -0.3 is 10.1 Å². The molecule has 2 aromatic heterocycles. The zero-order chi connectivity index (χ0) is 23.5. The Morgan fingerprint density at radius 2 is 2.00 bits per heavy atom. The molecular formula is C21H19Cl2N5O4S. The van der Waals surface area contributed by atoms with E-state index >= 15 is 0 Å². The van der Waals surface area contributed by atoms with Crippen LogP contribution in [0.3, 0.4) is 0 Å². The van der Waals surface area contributed by atoms with Crippen LogP contribution in [0.1, 0.15) is 26.4 Å². The van der Waals surface area contributed by atoms with E-state index in [9.17, 15) is 9.59 Å². The molecule has 12 heteroatoms. The number of thioether (sulfide) groups is 1. The maximum absolute atomic E-state index is 13.4. The summed E-state index contributed by atoms with van der Waals surface area (Å²) in [6.45, 7) is 1.72. The van der Waals surface area contributed by atoms with Crippen LogP contribution < -0.4 is 15.5 Å². The van der Waals surface area contributed by atoms with Gasteiger partial charge in [-0.2, -0.15) is 11.8 Å². The highest BCUT2D eigenvalue weighted by Gasteiger charge is 2.26. The number of carbonyl (C=O) groups is 2. The summed E-state index contributed by atoms with van der Waals surface area (Å²) in [5, 5.41) is 7.83. The molecule has 172 valence electrons. The van der Waals surface area contributed by atoms with Gasteiger partial charge in [0.05, 0.1) is 23.4 Å². The van der Waals surface area contributed by atoms with Gasteiger partial charge in [0.1, 0.15) is 11.8 Å². The molecule has 1 saturated heterocycles.